The molecule has 0 spiro atoms. The number of rotatable bonds is 3. The highest BCUT2D eigenvalue weighted by Gasteiger charge is 2.14. The van der Waals surface area contributed by atoms with Crippen molar-refractivity contribution in [1.82, 2.24) is 0 Å². The first-order chi connectivity index (χ1) is 6.15. The molecule has 70 valence electrons. The lowest BCUT2D eigenvalue weighted by atomic mass is 9.79. The van der Waals surface area contributed by atoms with Crippen LogP contribution in [0.2, 0.25) is 0 Å². The van der Waals surface area contributed by atoms with E-state index >= 15 is 0 Å². The average molecular weight is 179 g/mol. The van der Waals surface area contributed by atoms with E-state index in [1.165, 1.54) is 7.11 Å². The molecule has 0 atom stereocenters. The number of hydrogen-bond donors (Lipinski definition) is 1. The Hall–Kier alpha value is -0.995. The second-order valence-electron chi connectivity index (χ2n) is 3.08. The van der Waals surface area contributed by atoms with Gasteiger partial charge in [-0.2, -0.15) is 0 Å². The molecular weight excluding hydrogens is 165 g/mol. The first-order valence-corrected chi connectivity index (χ1v) is 4.13. The molecular formula is C9H14BNO2. The van der Waals surface area contributed by atoms with Crippen LogP contribution in [0.15, 0.2) is 24.3 Å². The minimum Gasteiger partial charge on any atom is -0.423 e. The summed E-state index contributed by atoms with van der Waals surface area (Å²) in [4.78, 5) is 1.98. The third-order valence-corrected chi connectivity index (χ3v) is 1.90. The largest absolute Gasteiger partial charge is 0.491 e. The average Bonchev–Trinajstić information content (AvgIpc) is 2.17. The van der Waals surface area contributed by atoms with E-state index in [0.29, 0.717) is 0 Å². The Balaban J connectivity index is 2.91. The van der Waals surface area contributed by atoms with E-state index < -0.39 is 7.12 Å². The molecule has 0 bridgehead atoms. The van der Waals surface area contributed by atoms with Crippen LogP contribution < -0.4 is 10.4 Å². The van der Waals surface area contributed by atoms with E-state index in [4.69, 9.17) is 4.65 Å². The molecule has 3 nitrogen and oxygen atoms in total. The van der Waals surface area contributed by atoms with Crippen molar-refractivity contribution in [3.05, 3.63) is 24.3 Å². The van der Waals surface area contributed by atoms with E-state index in [0.717, 1.165) is 11.2 Å². The molecule has 0 unspecified atom stereocenters. The van der Waals surface area contributed by atoms with Crippen molar-refractivity contribution < 1.29 is 9.68 Å². The normalized spacial score (nSPS) is 9.85. The van der Waals surface area contributed by atoms with Gasteiger partial charge in [-0.05, 0) is 17.6 Å². The van der Waals surface area contributed by atoms with Crippen molar-refractivity contribution in [3.63, 3.8) is 0 Å². The molecule has 0 radical (unpaired) electrons. The van der Waals surface area contributed by atoms with Gasteiger partial charge >= 0.3 is 7.12 Å². The van der Waals surface area contributed by atoms with Crippen LogP contribution in [0.4, 0.5) is 5.69 Å². The van der Waals surface area contributed by atoms with Gasteiger partial charge in [0.05, 0.1) is 0 Å². The van der Waals surface area contributed by atoms with E-state index in [2.05, 4.69) is 0 Å². The maximum Gasteiger partial charge on any atom is 0.491 e. The lowest BCUT2D eigenvalue weighted by Crippen LogP contribution is -2.32. The zero-order valence-corrected chi connectivity index (χ0v) is 8.19. The van der Waals surface area contributed by atoms with Crippen LogP contribution in [0.25, 0.3) is 0 Å². The van der Waals surface area contributed by atoms with Crippen molar-refractivity contribution in [2.75, 3.05) is 26.1 Å². The van der Waals surface area contributed by atoms with Crippen LogP contribution in [0, 0.1) is 0 Å². The summed E-state index contributed by atoms with van der Waals surface area (Å²) in [5, 5.41) is 9.39. The maximum atomic E-state index is 9.39. The molecule has 0 aliphatic heterocycles. The predicted octanol–water partition coefficient (Wildman–Crippen LogP) is 0.0865. The maximum absolute atomic E-state index is 9.39. The molecule has 0 aliphatic rings. The van der Waals surface area contributed by atoms with Gasteiger partial charge in [-0.25, -0.2) is 0 Å². The third kappa shape index (κ3) is 2.47. The van der Waals surface area contributed by atoms with Gasteiger partial charge in [0.25, 0.3) is 0 Å². The van der Waals surface area contributed by atoms with Gasteiger partial charge in [0.15, 0.2) is 0 Å². The van der Waals surface area contributed by atoms with Crippen LogP contribution in [-0.4, -0.2) is 33.3 Å². The molecule has 0 saturated heterocycles. The van der Waals surface area contributed by atoms with Crippen molar-refractivity contribution in [2.24, 2.45) is 0 Å². The molecule has 0 saturated carbocycles. The lowest BCUT2D eigenvalue weighted by molar-refractivity contribution is 0.341. The second kappa shape index (κ2) is 4.30. The highest BCUT2D eigenvalue weighted by Crippen LogP contribution is 2.07. The number of hydrogen-bond acceptors (Lipinski definition) is 3. The van der Waals surface area contributed by atoms with Crippen LogP contribution >= 0.6 is 0 Å². The molecule has 0 heterocycles. The van der Waals surface area contributed by atoms with Crippen LogP contribution in [0.5, 0.6) is 0 Å². The quantitative estimate of drug-likeness (QED) is 0.667. The summed E-state index contributed by atoms with van der Waals surface area (Å²) in [7, 11) is 4.56. The Morgan fingerprint density at radius 3 is 2.62 bits per heavy atom. The molecule has 0 aromatic heterocycles. The smallest absolute Gasteiger partial charge is 0.423 e. The van der Waals surface area contributed by atoms with Crippen molar-refractivity contribution in [3.8, 4) is 0 Å². The minimum atomic E-state index is -0.833. The summed E-state index contributed by atoms with van der Waals surface area (Å²) < 4.78 is 4.81. The highest BCUT2D eigenvalue weighted by molar-refractivity contribution is 6.60. The van der Waals surface area contributed by atoms with Gasteiger partial charge < -0.3 is 14.6 Å². The molecule has 0 fully saturated rings. The fourth-order valence-corrected chi connectivity index (χ4v) is 1.09. The summed E-state index contributed by atoms with van der Waals surface area (Å²) in [5.74, 6) is 0. The Kier molecular flexibility index (Phi) is 3.34. The number of anilines is 1. The van der Waals surface area contributed by atoms with Crippen LogP contribution in [0.1, 0.15) is 0 Å². The van der Waals surface area contributed by atoms with Gasteiger partial charge in [0, 0.05) is 26.9 Å². The zero-order valence-electron chi connectivity index (χ0n) is 8.19. The van der Waals surface area contributed by atoms with E-state index in [9.17, 15) is 5.02 Å². The fraction of sp³-hybridized carbons (Fsp3) is 0.333. The lowest BCUT2D eigenvalue weighted by Gasteiger charge is -2.13. The summed E-state index contributed by atoms with van der Waals surface area (Å²) in [5.41, 5.74) is 1.82. The summed E-state index contributed by atoms with van der Waals surface area (Å²) in [6.07, 6.45) is 0. The first kappa shape index (κ1) is 10.1. The van der Waals surface area contributed by atoms with E-state index in [-0.39, 0.29) is 0 Å². The molecule has 13 heavy (non-hydrogen) atoms. The zero-order chi connectivity index (χ0) is 9.84. The van der Waals surface area contributed by atoms with Crippen molar-refractivity contribution in [1.29, 1.82) is 0 Å². The Morgan fingerprint density at radius 2 is 2.08 bits per heavy atom. The van der Waals surface area contributed by atoms with Gasteiger partial charge in [0.2, 0.25) is 0 Å². The molecule has 1 aromatic rings. The first-order valence-electron chi connectivity index (χ1n) is 4.13. The molecule has 1 aromatic carbocycles. The van der Waals surface area contributed by atoms with Gasteiger partial charge in [-0.1, -0.05) is 12.1 Å². The van der Waals surface area contributed by atoms with Crippen LogP contribution in [-0.2, 0) is 4.65 Å². The molecule has 0 amide bonds. The third-order valence-electron chi connectivity index (χ3n) is 1.90. The Morgan fingerprint density at radius 1 is 1.38 bits per heavy atom. The SMILES string of the molecule is COB(O)c1cccc(N(C)C)c1. The molecule has 1 N–H and O–H groups in total. The standard InChI is InChI=1S/C9H14BNO2/c1-11(2)9-6-4-5-8(7-9)10(12)13-3/h4-7,12H,1-3H3. The van der Waals surface area contributed by atoms with E-state index in [1.807, 2.05) is 43.3 Å². The monoisotopic (exact) mass is 179 g/mol. The van der Waals surface area contributed by atoms with Crippen molar-refractivity contribution >= 4 is 18.3 Å². The summed E-state index contributed by atoms with van der Waals surface area (Å²) in [6.45, 7) is 0. The van der Waals surface area contributed by atoms with E-state index in [1.54, 1.807) is 0 Å². The Labute approximate surface area is 79.1 Å². The molecule has 0 aliphatic carbocycles. The highest BCUT2D eigenvalue weighted by atomic mass is 16.5. The van der Waals surface area contributed by atoms with Crippen LogP contribution in [0.3, 0.4) is 0 Å². The van der Waals surface area contributed by atoms with Gasteiger partial charge in [-0.15, -0.1) is 0 Å². The predicted molar refractivity (Wildman–Crippen MR) is 55.4 cm³/mol. The fourth-order valence-electron chi connectivity index (χ4n) is 1.09. The topological polar surface area (TPSA) is 32.7 Å². The minimum absolute atomic E-state index is 0.772. The van der Waals surface area contributed by atoms with Crippen molar-refractivity contribution in [2.45, 2.75) is 0 Å². The summed E-state index contributed by atoms with van der Waals surface area (Å²) >= 11 is 0. The number of benzene rings is 1. The van der Waals surface area contributed by atoms with Gasteiger partial charge in [-0.3, -0.25) is 0 Å². The molecule has 1 rings (SSSR count). The molecule has 4 heteroatoms. The van der Waals surface area contributed by atoms with Gasteiger partial charge in [0.1, 0.15) is 0 Å². The Bertz CT molecular complexity index is 278. The summed E-state index contributed by atoms with van der Waals surface area (Å²) in [6, 6.07) is 7.61. The number of nitrogens with zero attached hydrogens (tertiary/aromatic N) is 1. The second-order valence-corrected chi connectivity index (χ2v) is 3.08.